The molecule has 1 aromatic heterocycles. The smallest absolute Gasteiger partial charge is 0.139 e. The molecule has 0 bridgehead atoms. The number of aromatic nitrogens is 1. The number of pyridine rings is 1. The molecule has 5 rings (SSSR count). The van der Waals surface area contributed by atoms with E-state index >= 15 is 0 Å². The first-order valence-electron chi connectivity index (χ1n) is 11.6. The van der Waals surface area contributed by atoms with Crippen molar-refractivity contribution in [2.24, 2.45) is 0 Å². The molecule has 0 spiro atoms. The molecule has 1 saturated heterocycles. The molecule has 1 fully saturated rings. The first kappa shape index (κ1) is 21.0. The molecule has 2 aliphatic heterocycles. The van der Waals surface area contributed by atoms with E-state index in [1.54, 1.807) is 0 Å². The Morgan fingerprint density at radius 1 is 0.969 bits per heavy atom. The molecule has 2 aromatic carbocycles. The second-order valence-electron chi connectivity index (χ2n) is 8.74. The molecule has 3 heterocycles. The third-order valence-corrected chi connectivity index (χ3v) is 6.34. The zero-order valence-electron chi connectivity index (χ0n) is 18.5. The molecule has 1 unspecified atom stereocenters. The SMILES string of the molecule is c1ccc(COCc2ccc3c(c2)CN(c2cncc(OCC4CCCN4)c2)CC3)cc1. The van der Waals surface area contributed by atoms with Crippen molar-refractivity contribution in [2.75, 3.05) is 24.6 Å². The van der Waals surface area contributed by atoms with Gasteiger partial charge in [-0.3, -0.25) is 4.98 Å². The molecule has 5 heteroatoms. The molecule has 1 atom stereocenters. The zero-order chi connectivity index (χ0) is 21.6. The van der Waals surface area contributed by atoms with Gasteiger partial charge in [-0.2, -0.15) is 0 Å². The van der Waals surface area contributed by atoms with Crippen LogP contribution in [0.1, 0.15) is 35.1 Å². The average Bonchev–Trinajstić information content (AvgIpc) is 3.37. The summed E-state index contributed by atoms with van der Waals surface area (Å²) in [7, 11) is 0. The van der Waals surface area contributed by atoms with Crippen LogP contribution >= 0.6 is 0 Å². The van der Waals surface area contributed by atoms with Gasteiger partial charge >= 0.3 is 0 Å². The number of nitrogens with zero attached hydrogens (tertiary/aromatic N) is 2. The highest BCUT2D eigenvalue weighted by Crippen LogP contribution is 2.27. The molecule has 3 aromatic rings. The summed E-state index contributed by atoms with van der Waals surface area (Å²) >= 11 is 0. The van der Waals surface area contributed by atoms with Gasteiger partial charge in [0.2, 0.25) is 0 Å². The summed E-state index contributed by atoms with van der Waals surface area (Å²) in [4.78, 5) is 6.83. The van der Waals surface area contributed by atoms with Crippen molar-refractivity contribution in [3.63, 3.8) is 0 Å². The summed E-state index contributed by atoms with van der Waals surface area (Å²) in [6.07, 6.45) is 7.22. The fraction of sp³-hybridized carbons (Fsp3) is 0.370. The van der Waals surface area contributed by atoms with Crippen LogP contribution in [0.25, 0.3) is 0 Å². The van der Waals surface area contributed by atoms with E-state index in [-0.39, 0.29) is 0 Å². The molecule has 0 aliphatic carbocycles. The van der Waals surface area contributed by atoms with Gasteiger partial charge < -0.3 is 19.7 Å². The standard InChI is InChI=1S/C27H31N3O2/c1-2-5-21(6-3-1)18-31-19-22-8-9-23-10-12-30(17-24(23)13-22)26-14-27(16-28-15-26)32-20-25-7-4-11-29-25/h1-3,5-6,8-9,13-16,25,29H,4,7,10-12,17-20H2. The first-order valence-corrected chi connectivity index (χ1v) is 11.6. The van der Waals surface area contributed by atoms with Crippen LogP contribution in [0.4, 0.5) is 5.69 Å². The summed E-state index contributed by atoms with van der Waals surface area (Å²) in [6, 6.07) is 19.7. The second kappa shape index (κ2) is 10.2. The van der Waals surface area contributed by atoms with E-state index in [1.165, 1.54) is 35.1 Å². The molecule has 0 saturated carbocycles. The van der Waals surface area contributed by atoms with Crippen LogP contribution in [0.3, 0.4) is 0 Å². The van der Waals surface area contributed by atoms with Crippen LogP contribution in [0.15, 0.2) is 67.0 Å². The monoisotopic (exact) mass is 429 g/mol. The lowest BCUT2D eigenvalue weighted by Gasteiger charge is -2.31. The number of hydrogen-bond acceptors (Lipinski definition) is 5. The van der Waals surface area contributed by atoms with Gasteiger partial charge in [0.1, 0.15) is 12.4 Å². The van der Waals surface area contributed by atoms with Crippen LogP contribution in [-0.4, -0.2) is 30.7 Å². The maximum absolute atomic E-state index is 6.02. The van der Waals surface area contributed by atoms with Crippen molar-refractivity contribution >= 4 is 5.69 Å². The van der Waals surface area contributed by atoms with Crippen LogP contribution in [0.5, 0.6) is 5.75 Å². The fourth-order valence-electron chi connectivity index (χ4n) is 4.54. The van der Waals surface area contributed by atoms with Gasteiger partial charge in [0, 0.05) is 25.2 Å². The van der Waals surface area contributed by atoms with E-state index in [0.29, 0.717) is 25.9 Å². The Kier molecular flexibility index (Phi) is 6.66. The second-order valence-corrected chi connectivity index (χ2v) is 8.74. The number of benzene rings is 2. The number of nitrogens with one attached hydrogen (secondary N) is 1. The predicted octanol–water partition coefficient (Wildman–Crippen LogP) is 4.49. The highest BCUT2D eigenvalue weighted by Gasteiger charge is 2.19. The van der Waals surface area contributed by atoms with Crippen LogP contribution in [0.2, 0.25) is 0 Å². The Morgan fingerprint density at radius 3 is 2.75 bits per heavy atom. The van der Waals surface area contributed by atoms with Crippen molar-refractivity contribution in [1.29, 1.82) is 0 Å². The lowest BCUT2D eigenvalue weighted by atomic mass is 9.97. The quantitative estimate of drug-likeness (QED) is 0.572. The van der Waals surface area contributed by atoms with Crippen molar-refractivity contribution < 1.29 is 9.47 Å². The average molecular weight is 430 g/mol. The van der Waals surface area contributed by atoms with Crippen LogP contribution < -0.4 is 15.0 Å². The highest BCUT2D eigenvalue weighted by molar-refractivity contribution is 5.51. The first-order chi connectivity index (χ1) is 15.8. The van der Waals surface area contributed by atoms with E-state index in [2.05, 4.69) is 51.6 Å². The van der Waals surface area contributed by atoms with Gasteiger partial charge in [0.25, 0.3) is 0 Å². The maximum atomic E-state index is 6.02. The third-order valence-electron chi connectivity index (χ3n) is 6.34. The summed E-state index contributed by atoms with van der Waals surface area (Å²) in [5, 5.41) is 3.48. The number of fused-ring (bicyclic) bond motifs is 1. The predicted molar refractivity (Wildman–Crippen MR) is 127 cm³/mol. The summed E-state index contributed by atoms with van der Waals surface area (Å²) in [5.74, 6) is 0.852. The number of rotatable bonds is 8. The van der Waals surface area contributed by atoms with Gasteiger partial charge in [-0.05, 0) is 48.1 Å². The Labute approximate surface area is 190 Å². The Morgan fingerprint density at radius 2 is 1.88 bits per heavy atom. The Hall–Kier alpha value is -2.89. The molecular weight excluding hydrogens is 398 g/mol. The van der Waals surface area contributed by atoms with E-state index in [1.807, 2.05) is 30.6 Å². The number of anilines is 1. The summed E-state index contributed by atoms with van der Waals surface area (Å²) in [5.41, 5.74) is 6.35. The lowest BCUT2D eigenvalue weighted by molar-refractivity contribution is 0.107. The van der Waals surface area contributed by atoms with Crippen LogP contribution in [0, 0.1) is 0 Å². The summed E-state index contributed by atoms with van der Waals surface area (Å²) in [6.45, 7) is 4.95. The van der Waals surface area contributed by atoms with E-state index in [0.717, 1.165) is 37.5 Å². The normalized spacial score (nSPS) is 17.9. The molecule has 32 heavy (non-hydrogen) atoms. The topological polar surface area (TPSA) is 46.6 Å². The molecule has 0 radical (unpaired) electrons. The van der Waals surface area contributed by atoms with E-state index in [4.69, 9.17) is 9.47 Å². The van der Waals surface area contributed by atoms with Gasteiger partial charge in [-0.1, -0.05) is 48.5 Å². The van der Waals surface area contributed by atoms with Crippen molar-refractivity contribution in [3.8, 4) is 5.75 Å². The Bertz CT molecular complexity index is 1020. The van der Waals surface area contributed by atoms with Gasteiger partial charge in [-0.15, -0.1) is 0 Å². The van der Waals surface area contributed by atoms with Crippen LogP contribution in [-0.2, 0) is 30.9 Å². The molecule has 1 N–H and O–H groups in total. The molecule has 166 valence electrons. The van der Waals surface area contributed by atoms with Crippen molar-refractivity contribution in [2.45, 2.75) is 45.1 Å². The highest BCUT2D eigenvalue weighted by atomic mass is 16.5. The number of hydrogen-bond donors (Lipinski definition) is 1. The van der Waals surface area contributed by atoms with Gasteiger partial charge in [-0.25, -0.2) is 0 Å². The number of ether oxygens (including phenoxy) is 2. The maximum Gasteiger partial charge on any atom is 0.139 e. The summed E-state index contributed by atoms with van der Waals surface area (Å²) < 4.78 is 12.0. The van der Waals surface area contributed by atoms with Crippen molar-refractivity contribution in [1.82, 2.24) is 10.3 Å². The molecule has 2 aliphatic rings. The van der Waals surface area contributed by atoms with Gasteiger partial charge in [0.15, 0.2) is 0 Å². The van der Waals surface area contributed by atoms with E-state index < -0.39 is 0 Å². The zero-order valence-corrected chi connectivity index (χ0v) is 18.5. The molecular formula is C27H31N3O2. The Balaban J connectivity index is 1.20. The fourth-order valence-corrected chi connectivity index (χ4v) is 4.54. The third kappa shape index (κ3) is 5.29. The molecule has 5 nitrogen and oxygen atoms in total. The lowest BCUT2D eigenvalue weighted by Crippen LogP contribution is -2.30. The van der Waals surface area contributed by atoms with Crippen molar-refractivity contribution in [3.05, 3.63) is 89.2 Å². The minimum atomic E-state index is 0.461. The minimum absolute atomic E-state index is 0.461. The largest absolute Gasteiger partial charge is 0.490 e. The van der Waals surface area contributed by atoms with Gasteiger partial charge in [0.05, 0.1) is 31.3 Å². The molecule has 0 amide bonds. The minimum Gasteiger partial charge on any atom is -0.490 e. The van der Waals surface area contributed by atoms with E-state index in [9.17, 15) is 0 Å².